The molecule has 0 unspecified atom stereocenters. The molecule has 0 bridgehead atoms. The highest BCUT2D eigenvalue weighted by Crippen LogP contribution is 2.20. The minimum absolute atomic E-state index is 0.120. The number of unbranched alkanes of at least 4 members (excludes halogenated alkanes) is 2. The molecule has 0 amide bonds. The SMILES string of the molecule is Cc1ccc(NC(=S)N(CCCCCC(=O)O)[C@@H]2CCS(=O)(=O)C2)cc1. The van der Waals surface area contributed by atoms with E-state index in [1.165, 1.54) is 0 Å². The number of carbonyl (C=O) groups is 1. The van der Waals surface area contributed by atoms with Crippen LogP contribution in [0.1, 0.15) is 37.7 Å². The number of nitrogens with zero attached hydrogens (tertiary/aromatic N) is 1. The molecule has 0 aliphatic carbocycles. The molecule has 1 heterocycles. The molecule has 2 N–H and O–H groups in total. The van der Waals surface area contributed by atoms with Crippen molar-refractivity contribution in [1.29, 1.82) is 0 Å². The zero-order valence-corrected chi connectivity index (χ0v) is 16.6. The molecule has 1 fully saturated rings. The Morgan fingerprint density at radius 1 is 1.27 bits per heavy atom. The predicted molar refractivity (Wildman–Crippen MR) is 107 cm³/mol. The molecule has 0 spiro atoms. The maximum atomic E-state index is 11.9. The summed E-state index contributed by atoms with van der Waals surface area (Å²) in [5, 5.41) is 12.4. The van der Waals surface area contributed by atoms with Gasteiger partial charge in [0.25, 0.3) is 0 Å². The Morgan fingerprint density at radius 3 is 2.54 bits per heavy atom. The van der Waals surface area contributed by atoms with Gasteiger partial charge in [-0.3, -0.25) is 4.79 Å². The van der Waals surface area contributed by atoms with Gasteiger partial charge in [0.05, 0.1) is 11.5 Å². The number of thiocarbonyl (C=S) groups is 1. The first-order valence-electron chi connectivity index (χ1n) is 8.83. The third kappa shape index (κ3) is 6.57. The molecule has 0 saturated carbocycles. The highest BCUT2D eigenvalue weighted by molar-refractivity contribution is 7.91. The molecule has 144 valence electrons. The van der Waals surface area contributed by atoms with Crippen LogP contribution in [-0.2, 0) is 14.6 Å². The molecule has 2 rings (SSSR count). The van der Waals surface area contributed by atoms with Gasteiger partial charge in [-0.15, -0.1) is 0 Å². The molecule has 26 heavy (non-hydrogen) atoms. The van der Waals surface area contributed by atoms with Crippen molar-refractivity contribution in [1.82, 2.24) is 4.90 Å². The Kier molecular flexibility index (Phi) is 7.40. The number of rotatable bonds is 8. The molecule has 1 aliphatic rings. The molecule has 8 heteroatoms. The fourth-order valence-corrected chi connectivity index (χ4v) is 5.13. The Bertz CT molecular complexity index is 732. The second-order valence-corrected chi connectivity index (χ2v) is 9.37. The third-order valence-corrected chi connectivity index (χ3v) is 6.59. The number of anilines is 1. The summed E-state index contributed by atoms with van der Waals surface area (Å²) in [7, 11) is -3.01. The van der Waals surface area contributed by atoms with Crippen LogP contribution in [0.4, 0.5) is 5.69 Å². The Morgan fingerprint density at radius 2 is 1.96 bits per heavy atom. The van der Waals surface area contributed by atoms with Gasteiger partial charge in [0.15, 0.2) is 14.9 Å². The lowest BCUT2D eigenvalue weighted by Gasteiger charge is -2.31. The number of aryl methyl sites for hydroxylation is 1. The summed E-state index contributed by atoms with van der Waals surface area (Å²) in [5.41, 5.74) is 2.02. The van der Waals surface area contributed by atoms with E-state index in [2.05, 4.69) is 5.32 Å². The van der Waals surface area contributed by atoms with Crippen molar-refractivity contribution in [2.45, 2.75) is 45.1 Å². The summed E-state index contributed by atoms with van der Waals surface area (Å²) in [6.07, 6.45) is 2.90. The molecule has 1 aliphatic heterocycles. The van der Waals surface area contributed by atoms with Crippen molar-refractivity contribution in [3.8, 4) is 0 Å². The van der Waals surface area contributed by atoms with E-state index in [-0.39, 0.29) is 24.0 Å². The molecule has 0 aromatic heterocycles. The Balaban J connectivity index is 1.98. The van der Waals surface area contributed by atoms with Crippen LogP contribution in [0.2, 0.25) is 0 Å². The number of sulfone groups is 1. The number of nitrogens with one attached hydrogen (secondary N) is 1. The number of aliphatic carboxylic acids is 1. The van der Waals surface area contributed by atoms with Crippen molar-refractivity contribution < 1.29 is 18.3 Å². The Hall–Kier alpha value is -1.67. The molecule has 6 nitrogen and oxygen atoms in total. The molecule has 1 aromatic rings. The van der Waals surface area contributed by atoms with E-state index in [1.807, 2.05) is 36.1 Å². The molecular weight excluding hydrogens is 372 g/mol. The monoisotopic (exact) mass is 398 g/mol. The summed E-state index contributed by atoms with van der Waals surface area (Å²) in [5.74, 6) is -0.474. The maximum Gasteiger partial charge on any atom is 0.303 e. The zero-order valence-electron chi connectivity index (χ0n) is 15.0. The largest absolute Gasteiger partial charge is 0.481 e. The zero-order chi connectivity index (χ0) is 19.2. The number of benzene rings is 1. The summed E-state index contributed by atoms with van der Waals surface area (Å²) in [6.45, 7) is 2.63. The van der Waals surface area contributed by atoms with Gasteiger partial charge in [-0.25, -0.2) is 8.42 Å². The van der Waals surface area contributed by atoms with Crippen LogP contribution in [0.5, 0.6) is 0 Å². The van der Waals surface area contributed by atoms with Crippen molar-refractivity contribution in [3.63, 3.8) is 0 Å². The standard InChI is InChI=1S/C18H26N2O4S2/c1-14-6-8-15(9-7-14)19-18(25)20(11-4-2-3-5-17(21)22)16-10-12-26(23,24)13-16/h6-9,16H,2-5,10-13H2,1H3,(H,19,25)(H,21,22)/t16-/m1/s1. The average molecular weight is 399 g/mol. The van der Waals surface area contributed by atoms with Crippen molar-refractivity contribution >= 4 is 38.8 Å². The van der Waals surface area contributed by atoms with Crippen LogP contribution < -0.4 is 5.32 Å². The number of hydrogen-bond acceptors (Lipinski definition) is 4. The van der Waals surface area contributed by atoms with Crippen molar-refractivity contribution in [2.75, 3.05) is 23.4 Å². The summed E-state index contributed by atoms with van der Waals surface area (Å²) in [4.78, 5) is 12.6. The highest BCUT2D eigenvalue weighted by Gasteiger charge is 2.33. The smallest absolute Gasteiger partial charge is 0.303 e. The summed E-state index contributed by atoms with van der Waals surface area (Å²) in [6, 6.07) is 7.74. The lowest BCUT2D eigenvalue weighted by atomic mass is 10.1. The van der Waals surface area contributed by atoms with E-state index in [0.29, 0.717) is 24.5 Å². The van der Waals surface area contributed by atoms with E-state index in [0.717, 1.165) is 24.1 Å². The van der Waals surface area contributed by atoms with Crippen molar-refractivity contribution in [3.05, 3.63) is 29.8 Å². The van der Waals surface area contributed by atoms with Gasteiger partial charge in [0.2, 0.25) is 0 Å². The van der Waals surface area contributed by atoms with E-state index in [1.54, 1.807) is 0 Å². The van der Waals surface area contributed by atoms with E-state index in [4.69, 9.17) is 17.3 Å². The number of carboxylic acid groups (broad SMARTS) is 1. The lowest BCUT2D eigenvalue weighted by molar-refractivity contribution is -0.137. The van der Waals surface area contributed by atoms with Crippen molar-refractivity contribution in [2.24, 2.45) is 0 Å². The van der Waals surface area contributed by atoms with Crippen LogP contribution in [0.3, 0.4) is 0 Å². The van der Waals surface area contributed by atoms with Crippen LogP contribution in [0.25, 0.3) is 0 Å². The second kappa shape index (κ2) is 9.32. The van der Waals surface area contributed by atoms with Gasteiger partial charge < -0.3 is 15.3 Å². The first kappa shape index (κ1) is 20.6. The first-order chi connectivity index (χ1) is 12.3. The van der Waals surface area contributed by atoms with Gasteiger partial charge in [-0.2, -0.15) is 0 Å². The van der Waals surface area contributed by atoms with Crippen LogP contribution in [-0.4, -0.2) is 53.6 Å². The van der Waals surface area contributed by atoms with E-state index in [9.17, 15) is 13.2 Å². The summed E-state index contributed by atoms with van der Waals surface area (Å²) >= 11 is 5.55. The fourth-order valence-electron chi connectivity index (χ4n) is 3.04. The second-order valence-electron chi connectivity index (χ2n) is 6.75. The van der Waals surface area contributed by atoms with Crippen LogP contribution >= 0.6 is 12.2 Å². The van der Waals surface area contributed by atoms with Crippen LogP contribution in [0, 0.1) is 6.92 Å². The van der Waals surface area contributed by atoms with Gasteiger partial charge in [0.1, 0.15) is 0 Å². The number of carboxylic acids is 1. The van der Waals surface area contributed by atoms with Gasteiger partial charge in [-0.1, -0.05) is 24.1 Å². The first-order valence-corrected chi connectivity index (χ1v) is 11.1. The summed E-state index contributed by atoms with van der Waals surface area (Å²) < 4.78 is 23.7. The highest BCUT2D eigenvalue weighted by atomic mass is 32.2. The van der Waals surface area contributed by atoms with E-state index < -0.39 is 15.8 Å². The molecule has 1 aromatic carbocycles. The maximum absolute atomic E-state index is 11.9. The minimum atomic E-state index is -3.01. The molecule has 0 radical (unpaired) electrons. The molecule has 1 atom stereocenters. The topological polar surface area (TPSA) is 86.7 Å². The van der Waals surface area contributed by atoms with Gasteiger partial charge in [-0.05, 0) is 50.5 Å². The normalized spacial score (nSPS) is 18.4. The number of hydrogen-bond donors (Lipinski definition) is 2. The predicted octanol–water partition coefficient (Wildman–Crippen LogP) is 2.83. The molecule has 1 saturated heterocycles. The Labute approximate surface area is 160 Å². The van der Waals surface area contributed by atoms with E-state index >= 15 is 0 Å². The van der Waals surface area contributed by atoms with Gasteiger partial charge in [0, 0.05) is 24.7 Å². The lowest BCUT2D eigenvalue weighted by Crippen LogP contribution is -2.44. The third-order valence-electron chi connectivity index (χ3n) is 4.50. The molecular formula is C18H26N2O4S2. The average Bonchev–Trinajstić information content (AvgIpc) is 2.92. The van der Waals surface area contributed by atoms with Gasteiger partial charge >= 0.3 is 5.97 Å². The minimum Gasteiger partial charge on any atom is -0.481 e. The van der Waals surface area contributed by atoms with Crippen LogP contribution in [0.15, 0.2) is 24.3 Å². The fraction of sp³-hybridized carbons (Fsp3) is 0.556. The quantitative estimate of drug-likeness (QED) is 0.514.